The number of nitrogens with two attached hydrogens (primary N) is 1. The molecule has 0 aromatic carbocycles. The number of imidazole rings is 1. The highest BCUT2D eigenvalue weighted by Gasteiger charge is 2.19. The number of fused-ring (bicyclic) bond motifs is 1. The van der Waals surface area contributed by atoms with E-state index in [2.05, 4.69) is 50.2 Å². The number of hydrogen-bond acceptors (Lipinski definition) is 8. The highest BCUT2D eigenvalue weighted by Crippen LogP contribution is 2.27. The molecule has 36 heavy (non-hydrogen) atoms. The van der Waals surface area contributed by atoms with Crippen LogP contribution in [0.1, 0.15) is 38.2 Å². The summed E-state index contributed by atoms with van der Waals surface area (Å²) in [5.74, 6) is 7.01. The number of rotatable bonds is 7. The van der Waals surface area contributed by atoms with Crippen molar-refractivity contribution in [3.63, 3.8) is 0 Å². The van der Waals surface area contributed by atoms with Gasteiger partial charge in [-0.25, -0.2) is 20.4 Å². The third-order valence-electron chi connectivity index (χ3n) is 6.12. The molecule has 4 N–H and O–H groups in total. The van der Waals surface area contributed by atoms with Crippen molar-refractivity contribution in [1.82, 2.24) is 34.9 Å². The van der Waals surface area contributed by atoms with Crippen LogP contribution in [0.3, 0.4) is 0 Å². The Bertz CT molecular complexity index is 1450. The second-order valence-corrected chi connectivity index (χ2v) is 9.20. The number of hydrazine groups is 1. The van der Waals surface area contributed by atoms with Crippen LogP contribution in [0.2, 0.25) is 0 Å². The topological polar surface area (TPSA) is 119 Å². The molecule has 4 aromatic rings. The number of allylic oxidation sites excluding steroid dienone is 4. The van der Waals surface area contributed by atoms with Crippen molar-refractivity contribution in [2.24, 2.45) is 5.84 Å². The zero-order valence-electron chi connectivity index (χ0n) is 20.6. The van der Waals surface area contributed by atoms with Crippen LogP contribution in [0.5, 0.6) is 0 Å². The summed E-state index contributed by atoms with van der Waals surface area (Å²) in [6.45, 7) is 6.76. The number of nitrogens with zero attached hydrogens (tertiary/aromatic N) is 6. The van der Waals surface area contributed by atoms with Crippen molar-refractivity contribution >= 4 is 22.6 Å². The number of aromatic nitrogens is 6. The van der Waals surface area contributed by atoms with Crippen molar-refractivity contribution in [1.29, 1.82) is 0 Å². The van der Waals surface area contributed by atoms with Gasteiger partial charge in [-0.1, -0.05) is 36.4 Å². The molecule has 1 aliphatic carbocycles. The summed E-state index contributed by atoms with van der Waals surface area (Å²) in [5, 5.41) is 3.46. The van der Waals surface area contributed by atoms with E-state index in [0.717, 1.165) is 33.6 Å². The Hall–Kier alpha value is -4.21. The molecule has 4 aromatic heterocycles. The van der Waals surface area contributed by atoms with Crippen molar-refractivity contribution in [2.75, 3.05) is 5.32 Å². The first-order valence-corrected chi connectivity index (χ1v) is 11.9. The predicted octanol–water partition coefficient (Wildman–Crippen LogP) is 4.21. The predicted molar refractivity (Wildman–Crippen MR) is 142 cm³/mol. The molecule has 1 atom stereocenters. The molecule has 0 bridgehead atoms. The summed E-state index contributed by atoms with van der Waals surface area (Å²) in [4.78, 5) is 23.1. The van der Waals surface area contributed by atoms with Gasteiger partial charge in [-0.05, 0) is 44.5 Å². The Labute approximate surface area is 209 Å². The van der Waals surface area contributed by atoms with E-state index in [0.29, 0.717) is 18.2 Å². The Balaban J connectivity index is 1.46. The molecule has 0 saturated carbocycles. The SMILES string of the molecule is CC(C)n1cnc2c(NCc3ccc(-c4cccnc4)nc3)nc(C3=CC=CC(C)(NN)C=C3)nc21. The minimum atomic E-state index is -0.446. The van der Waals surface area contributed by atoms with Gasteiger partial charge in [-0.2, -0.15) is 0 Å². The molecule has 182 valence electrons. The fourth-order valence-corrected chi connectivity index (χ4v) is 3.92. The van der Waals surface area contributed by atoms with Gasteiger partial charge in [0.1, 0.15) is 5.52 Å². The maximum absolute atomic E-state index is 5.73. The first-order valence-electron chi connectivity index (χ1n) is 11.9. The summed E-state index contributed by atoms with van der Waals surface area (Å²) in [5.41, 5.74) is 7.67. The smallest absolute Gasteiger partial charge is 0.166 e. The normalized spacial score (nSPS) is 17.4. The van der Waals surface area contributed by atoms with Crippen LogP contribution in [0.15, 0.2) is 79.6 Å². The highest BCUT2D eigenvalue weighted by atomic mass is 15.3. The molecular formula is C27H29N9. The summed E-state index contributed by atoms with van der Waals surface area (Å²) in [6.07, 6.45) is 17.2. The van der Waals surface area contributed by atoms with Gasteiger partial charge in [0.25, 0.3) is 0 Å². The van der Waals surface area contributed by atoms with Crippen LogP contribution in [-0.4, -0.2) is 35.0 Å². The van der Waals surface area contributed by atoms with Crippen molar-refractivity contribution in [3.8, 4) is 11.3 Å². The van der Waals surface area contributed by atoms with Crippen LogP contribution < -0.4 is 16.6 Å². The fraction of sp³-hybridized carbons (Fsp3) is 0.222. The zero-order chi connectivity index (χ0) is 25.1. The van der Waals surface area contributed by atoms with E-state index in [9.17, 15) is 0 Å². The van der Waals surface area contributed by atoms with Crippen LogP contribution in [0.4, 0.5) is 5.82 Å². The maximum atomic E-state index is 5.73. The first kappa shape index (κ1) is 23.5. The van der Waals surface area contributed by atoms with Crippen molar-refractivity contribution in [2.45, 2.75) is 38.9 Å². The number of nitrogens with one attached hydrogen (secondary N) is 2. The van der Waals surface area contributed by atoms with Crippen molar-refractivity contribution in [3.05, 3.63) is 91.0 Å². The third-order valence-corrected chi connectivity index (χ3v) is 6.12. The Morgan fingerprint density at radius 1 is 1.08 bits per heavy atom. The molecule has 0 aliphatic heterocycles. The maximum Gasteiger partial charge on any atom is 0.166 e. The summed E-state index contributed by atoms with van der Waals surface area (Å²) >= 11 is 0. The average molecular weight is 480 g/mol. The lowest BCUT2D eigenvalue weighted by Gasteiger charge is -2.19. The van der Waals surface area contributed by atoms with Gasteiger partial charge in [0.05, 0.1) is 17.6 Å². The van der Waals surface area contributed by atoms with Gasteiger partial charge in [0.2, 0.25) is 0 Å². The molecule has 4 heterocycles. The minimum Gasteiger partial charge on any atom is -0.364 e. The highest BCUT2D eigenvalue weighted by molar-refractivity contribution is 5.86. The lowest BCUT2D eigenvalue weighted by atomic mass is 10.0. The molecule has 0 amide bonds. The van der Waals surface area contributed by atoms with Crippen LogP contribution in [0, 0.1) is 0 Å². The molecular weight excluding hydrogens is 450 g/mol. The molecule has 0 spiro atoms. The molecule has 0 saturated heterocycles. The lowest BCUT2D eigenvalue weighted by Crippen LogP contribution is -2.43. The fourth-order valence-electron chi connectivity index (χ4n) is 3.92. The first-order chi connectivity index (χ1) is 17.5. The Morgan fingerprint density at radius 3 is 2.69 bits per heavy atom. The molecule has 1 unspecified atom stereocenters. The molecule has 0 radical (unpaired) electrons. The lowest BCUT2D eigenvalue weighted by molar-refractivity contribution is 0.546. The largest absolute Gasteiger partial charge is 0.364 e. The van der Waals surface area contributed by atoms with Crippen LogP contribution >= 0.6 is 0 Å². The Kier molecular flexibility index (Phi) is 6.41. The summed E-state index contributed by atoms with van der Waals surface area (Å²) < 4.78 is 2.05. The molecule has 9 nitrogen and oxygen atoms in total. The van der Waals surface area contributed by atoms with E-state index in [1.165, 1.54) is 0 Å². The van der Waals surface area contributed by atoms with Crippen LogP contribution in [0.25, 0.3) is 28.0 Å². The number of pyridine rings is 2. The Morgan fingerprint density at radius 2 is 1.97 bits per heavy atom. The molecule has 9 heteroatoms. The van der Waals surface area contributed by atoms with E-state index < -0.39 is 5.54 Å². The van der Waals surface area contributed by atoms with Crippen molar-refractivity contribution < 1.29 is 0 Å². The number of anilines is 1. The average Bonchev–Trinajstić information content (AvgIpc) is 3.24. The second-order valence-electron chi connectivity index (χ2n) is 9.20. The monoisotopic (exact) mass is 479 g/mol. The van der Waals surface area contributed by atoms with E-state index in [1.807, 2.05) is 74.2 Å². The summed E-state index contributed by atoms with van der Waals surface area (Å²) in [6, 6.07) is 8.16. The van der Waals surface area contributed by atoms with Gasteiger partial charge in [-0.3, -0.25) is 15.8 Å². The van der Waals surface area contributed by atoms with Gasteiger partial charge in [0.15, 0.2) is 17.3 Å². The quantitative estimate of drug-likeness (QED) is 0.266. The molecule has 5 rings (SSSR count). The van der Waals surface area contributed by atoms with Gasteiger partial charge in [-0.15, -0.1) is 0 Å². The van der Waals surface area contributed by atoms with Gasteiger partial charge in [0, 0.05) is 42.3 Å². The zero-order valence-corrected chi connectivity index (χ0v) is 20.6. The third kappa shape index (κ3) is 4.79. The van der Waals surface area contributed by atoms with Gasteiger partial charge >= 0.3 is 0 Å². The molecule has 1 aliphatic rings. The van der Waals surface area contributed by atoms with E-state index in [1.54, 1.807) is 6.20 Å². The van der Waals surface area contributed by atoms with Gasteiger partial charge < -0.3 is 9.88 Å². The summed E-state index contributed by atoms with van der Waals surface area (Å²) in [7, 11) is 0. The van der Waals surface area contributed by atoms with E-state index in [-0.39, 0.29) is 6.04 Å². The standard InChI is InChI=1S/C27H29N9/c1-18(2)36-17-32-23-25(31-15-19-8-9-22(30-14-19)21-7-5-13-29-16-21)33-24(34-26(23)36)20-6-4-11-27(3,35-28)12-10-20/h4-14,16-18,35H,15,28H2,1-3H3,(H,31,33,34). The number of hydrogen-bond donors (Lipinski definition) is 3. The van der Waals surface area contributed by atoms with Crippen LogP contribution in [-0.2, 0) is 6.54 Å². The minimum absolute atomic E-state index is 0.207. The van der Waals surface area contributed by atoms with E-state index in [4.69, 9.17) is 15.8 Å². The van der Waals surface area contributed by atoms with E-state index >= 15 is 0 Å². The molecule has 0 fully saturated rings. The second kappa shape index (κ2) is 9.80.